The van der Waals surface area contributed by atoms with Crippen LogP contribution < -0.4 is 0 Å². The van der Waals surface area contributed by atoms with Crippen molar-refractivity contribution in [2.45, 2.75) is 63.9 Å². The standard InChI is InChI=1S/C17H25NO/c1-12-9-13(2)11-17(19,10-12)15-7-3-5-14-6-4-8-18-16(14)15/h4,6,8,12-13,15,19H,3,5,7,9-11H2,1-2H3. The van der Waals surface area contributed by atoms with Crippen LogP contribution in [0, 0.1) is 11.8 Å². The summed E-state index contributed by atoms with van der Waals surface area (Å²) in [7, 11) is 0. The molecule has 3 atom stereocenters. The number of aryl methyl sites for hydroxylation is 1. The highest BCUT2D eigenvalue weighted by Crippen LogP contribution is 2.47. The van der Waals surface area contributed by atoms with E-state index in [1.54, 1.807) is 0 Å². The predicted octanol–water partition coefficient (Wildman–Crippen LogP) is 3.69. The van der Waals surface area contributed by atoms with Gasteiger partial charge in [-0.2, -0.15) is 0 Å². The smallest absolute Gasteiger partial charge is 0.0736 e. The van der Waals surface area contributed by atoms with E-state index in [0.29, 0.717) is 11.8 Å². The monoisotopic (exact) mass is 259 g/mol. The van der Waals surface area contributed by atoms with Crippen molar-refractivity contribution in [2.75, 3.05) is 0 Å². The van der Waals surface area contributed by atoms with Gasteiger partial charge < -0.3 is 5.11 Å². The fraction of sp³-hybridized carbons (Fsp3) is 0.706. The highest BCUT2D eigenvalue weighted by Gasteiger charge is 2.44. The highest BCUT2D eigenvalue weighted by atomic mass is 16.3. The van der Waals surface area contributed by atoms with Crippen molar-refractivity contribution in [2.24, 2.45) is 11.8 Å². The average Bonchev–Trinajstić information content (AvgIpc) is 2.36. The molecule has 104 valence electrons. The topological polar surface area (TPSA) is 33.1 Å². The van der Waals surface area contributed by atoms with E-state index in [0.717, 1.165) is 25.7 Å². The van der Waals surface area contributed by atoms with Gasteiger partial charge in [0.1, 0.15) is 0 Å². The molecule has 2 heteroatoms. The van der Waals surface area contributed by atoms with E-state index in [1.807, 2.05) is 12.3 Å². The van der Waals surface area contributed by atoms with E-state index in [9.17, 15) is 5.11 Å². The number of hydrogen-bond acceptors (Lipinski definition) is 2. The second-order valence-corrected chi connectivity index (χ2v) is 6.95. The minimum Gasteiger partial charge on any atom is -0.389 e. The van der Waals surface area contributed by atoms with Gasteiger partial charge in [-0.15, -0.1) is 0 Å². The molecule has 2 aliphatic rings. The summed E-state index contributed by atoms with van der Waals surface area (Å²) in [5.41, 5.74) is 2.01. The van der Waals surface area contributed by atoms with Crippen molar-refractivity contribution in [1.29, 1.82) is 0 Å². The van der Waals surface area contributed by atoms with E-state index in [1.165, 1.54) is 24.1 Å². The average molecular weight is 259 g/mol. The first kappa shape index (κ1) is 13.1. The molecule has 3 rings (SSSR count). The Hall–Kier alpha value is -0.890. The van der Waals surface area contributed by atoms with Crippen LogP contribution in [-0.4, -0.2) is 15.7 Å². The maximum atomic E-state index is 11.2. The Bertz CT molecular complexity index is 446. The molecule has 2 aliphatic carbocycles. The van der Waals surface area contributed by atoms with E-state index in [4.69, 9.17) is 0 Å². The summed E-state index contributed by atoms with van der Waals surface area (Å²) in [6.07, 6.45) is 8.44. The molecule has 0 radical (unpaired) electrons. The minimum atomic E-state index is -0.527. The first-order chi connectivity index (χ1) is 9.08. The van der Waals surface area contributed by atoms with Crippen LogP contribution in [0.2, 0.25) is 0 Å². The summed E-state index contributed by atoms with van der Waals surface area (Å²) in [5, 5.41) is 11.2. The van der Waals surface area contributed by atoms with Gasteiger partial charge in [0.15, 0.2) is 0 Å². The van der Waals surface area contributed by atoms with Crippen LogP contribution in [-0.2, 0) is 6.42 Å². The summed E-state index contributed by atoms with van der Waals surface area (Å²) in [6, 6.07) is 4.21. The Kier molecular flexibility index (Phi) is 3.38. The molecule has 1 aromatic rings. The largest absolute Gasteiger partial charge is 0.389 e. The Morgan fingerprint density at radius 2 is 2.00 bits per heavy atom. The van der Waals surface area contributed by atoms with Crippen molar-refractivity contribution in [1.82, 2.24) is 4.98 Å². The zero-order valence-corrected chi connectivity index (χ0v) is 12.1. The van der Waals surface area contributed by atoms with Crippen molar-refractivity contribution in [3.05, 3.63) is 29.6 Å². The zero-order valence-electron chi connectivity index (χ0n) is 12.1. The van der Waals surface area contributed by atoms with Gasteiger partial charge in [-0.1, -0.05) is 19.9 Å². The Morgan fingerprint density at radius 1 is 1.26 bits per heavy atom. The zero-order chi connectivity index (χ0) is 13.5. The molecule has 1 heterocycles. The van der Waals surface area contributed by atoms with E-state index >= 15 is 0 Å². The van der Waals surface area contributed by atoms with Crippen molar-refractivity contribution < 1.29 is 5.11 Å². The molecular formula is C17H25NO. The second-order valence-electron chi connectivity index (χ2n) is 6.95. The molecule has 0 saturated heterocycles. The molecule has 0 spiro atoms. The van der Waals surface area contributed by atoms with Crippen LogP contribution in [0.4, 0.5) is 0 Å². The first-order valence-corrected chi connectivity index (χ1v) is 7.74. The van der Waals surface area contributed by atoms with Crippen LogP contribution in [0.25, 0.3) is 0 Å². The third-order valence-corrected chi connectivity index (χ3v) is 5.05. The summed E-state index contributed by atoms with van der Waals surface area (Å²) in [6.45, 7) is 4.56. The Balaban J connectivity index is 1.94. The van der Waals surface area contributed by atoms with E-state index in [2.05, 4.69) is 24.9 Å². The highest BCUT2D eigenvalue weighted by molar-refractivity contribution is 5.29. The van der Waals surface area contributed by atoms with Gasteiger partial charge in [0, 0.05) is 17.8 Å². The molecule has 1 aromatic heterocycles. The molecule has 1 fully saturated rings. The lowest BCUT2D eigenvalue weighted by molar-refractivity contribution is -0.0580. The van der Waals surface area contributed by atoms with Crippen molar-refractivity contribution >= 4 is 0 Å². The van der Waals surface area contributed by atoms with Crippen LogP contribution >= 0.6 is 0 Å². The predicted molar refractivity (Wildman–Crippen MR) is 77.0 cm³/mol. The van der Waals surface area contributed by atoms with Crippen LogP contribution in [0.15, 0.2) is 18.3 Å². The lowest BCUT2D eigenvalue weighted by atomic mass is 9.64. The molecular weight excluding hydrogens is 234 g/mol. The fourth-order valence-corrected chi connectivity index (χ4v) is 4.56. The summed E-state index contributed by atoms with van der Waals surface area (Å²) >= 11 is 0. The molecule has 1 saturated carbocycles. The molecule has 1 N–H and O–H groups in total. The molecule has 3 unspecified atom stereocenters. The normalized spacial score (nSPS) is 38.8. The SMILES string of the molecule is CC1CC(C)CC(O)(C2CCCc3cccnc32)C1. The Morgan fingerprint density at radius 3 is 2.74 bits per heavy atom. The van der Waals surface area contributed by atoms with E-state index in [-0.39, 0.29) is 5.92 Å². The maximum absolute atomic E-state index is 11.2. The van der Waals surface area contributed by atoms with Gasteiger partial charge in [-0.3, -0.25) is 4.98 Å². The fourth-order valence-electron chi connectivity index (χ4n) is 4.56. The maximum Gasteiger partial charge on any atom is 0.0736 e. The van der Waals surface area contributed by atoms with Gasteiger partial charge in [0.2, 0.25) is 0 Å². The number of aliphatic hydroxyl groups is 1. The third kappa shape index (κ3) is 2.43. The van der Waals surface area contributed by atoms with Crippen LogP contribution in [0.1, 0.15) is 63.1 Å². The van der Waals surface area contributed by atoms with E-state index < -0.39 is 5.60 Å². The summed E-state index contributed by atoms with van der Waals surface area (Å²) < 4.78 is 0. The van der Waals surface area contributed by atoms with Gasteiger partial charge in [0.05, 0.1) is 5.60 Å². The molecule has 0 amide bonds. The van der Waals surface area contributed by atoms with Crippen LogP contribution in [0.3, 0.4) is 0 Å². The first-order valence-electron chi connectivity index (χ1n) is 7.74. The van der Waals surface area contributed by atoms with Crippen LogP contribution in [0.5, 0.6) is 0 Å². The van der Waals surface area contributed by atoms with Gasteiger partial charge in [0.25, 0.3) is 0 Å². The summed E-state index contributed by atoms with van der Waals surface area (Å²) in [5.74, 6) is 1.51. The minimum absolute atomic E-state index is 0.252. The number of rotatable bonds is 1. The van der Waals surface area contributed by atoms with Gasteiger partial charge in [-0.25, -0.2) is 0 Å². The Labute approximate surface area is 116 Å². The van der Waals surface area contributed by atoms with Crippen molar-refractivity contribution in [3.63, 3.8) is 0 Å². The summed E-state index contributed by atoms with van der Waals surface area (Å²) in [4.78, 5) is 4.61. The lowest BCUT2D eigenvalue weighted by Crippen LogP contribution is -2.44. The third-order valence-electron chi connectivity index (χ3n) is 5.05. The van der Waals surface area contributed by atoms with Gasteiger partial charge in [-0.05, 0) is 62.0 Å². The second kappa shape index (κ2) is 4.90. The number of hydrogen-bond donors (Lipinski definition) is 1. The van der Waals surface area contributed by atoms with Crippen molar-refractivity contribution in [3.8, 4) is 0 Å². The molecule has 0 aliphatic heterocycles. The number of fused-ring (bicyclic) bond motifs is 1. The molecule has 0 aromatic carbocycles. The molecule has 0 bridgehead atoms. The van der Waals surface area contributed by atoms with Gasteiger partial charge >= 0.3 is 0 Å². The quantitative estimate of drug-likeness (QED) is 0.834. The number of nitrogens with zero attached hydrogens (tertiary/aromatic N) is 1. The lowest BCUT2D eigenvalue weighted by Gasteiger charge is -2.45. The molecule has 2 nitrogen and oxygen atoms in total. The number of aromatic nitrogens is 1. The number of pyridine rings is 1. The molecule has 19 heavy (non-hydrogen) atoms.